The number of benzene rings is 2. The van der Waals surface area contributed by atoms with Crippen LogP contribution in [0.25, 0.3) is 0 Å². The SMILES string of the molecule is Fc1cc(CBr)cc(OCc2cccc(Cl)c2Cl)c1. The van der Waals surface area contributed by atoms with E-state index >= 15 is 0 Å². The van der Waals surface area contributed by atoms with E-state index in [-0.39, 0.29) is 12.4 Å². The first-order valence-electron chi connectivity index (χ1n) is 5.51. The van der Waals surface area contributed by atoms with Gasteiger partial charge in [0.05, 0.1) is 10.0 Å². The lowest BCUT2D eigenvalue weighted by Gasteiger charge is -2.09. The second-order valence-corrected chi connectivity index (χ2v) is 5.28. The largest absolute Gasteiger partial charge is 0.489 e. The number of ether oxygens (including phenoxy) is 1. The number of hydrogen-bond acceptors (Lipinski definition) is 1. The zero-order chi connectivity index (χ0) is 13.8. The van der Waals surface area contributed by atoms with Crippen molar-refractivity contribution in [1.29, 1.82) is 0 Å². The van der Waals surface area contributed by atoms with Gasteiger partial charge in [0.2, 0.25) is 0 Å². The third-order valence-electron chi connectivity index (χ3n) is 2.51. The Labute approximate surface area is 129 Å². The smallest absolute Gasteiger partial charge is 0.127 e. The molecule has 0 spiro atoms. The highest BCUT2D eigenvalue weighted by Crippen LogP contribution is 2.27. The van der Waals surface area contributed by atoms with Gasteiger partial charge in [-0.1, -0.05) is 51.3 Å². The summed E-state index contributed by atoms with van der Waals surface area (Å²) >= 11 is 15.3. The maximum absolute atomic E-state index is 13.3. The molecule has 2 aromatic carbocycles. The van der Waals surface area contributed by atoms with Crippen molar-refractivity contribution in [3.8, 4) is 5.75 Å². The van der Waals surface area contributed by atoms with E-state index in [2.05, 4.69) is 15.9 Å². The summed E-state index contributed by atoms with van der Waals surface area (Å²) in [5, 5.41) is 1.50. The minimum absolute atomic E-state index is 0.241. The van der Waals surface area contributed by atoms with E-state index in [1.54, 1.807) is 18.2 Å². The predicted octanol–water partition coefficient (Wildman–Crippen LogP) is 5.61. The Bertz CT molecular complexity index is 590. The fourth-order valence-corrected chi connectivity index (χ4v) is 2.30. The zero-order valence-electron chi connectivity index (χ0n) is 9.80. The standard InChI is InChI=1S/C14H10BrCl2FO/c15-7-9-4-11(18)6-12(5-9)19-8-10-2-1-3-13(16)14(10)17/h1-6H,7-8H2. The van der Waals surface area contributed by atoms with Crippen molar-refractivity contribution >= 4 is 39.1 Å². The van der Waals surface area contributed by atoms with Crippen LogP contribution in [0.5, 0.6) is 5.75 Å². The lowest BCUT2D eigenvalue weighted by molar-refractivity contribution is 0.304. The Hall–Kier alpha value is -0.770. The normalized spacial score (nSPS) is 10.5. The summed E-state index contributed by atoms with van der Waals surface area (Å²) in [5.41, 5.74) is 1.58. The highest BCUT2D eigenvalue weighted by Gasteiger charge is 2.06. The summed E-state index contributed by atoms with van der Waals surface area (Å²) in [7, 11) is 0. The first kappa shape index (κ1) is 14.6. The molecule has 2 aromatic rings. The average molecular weight is 364 g/mol. The predicted molar refractivity (Wildman–Crippen MR) is 79.8 cm³/mol. The van der Waals surface area contributed by atoms with Crippen LogP contribution in [0, 0.1) is 5.82 Å². The van der Waals surface area contributed by atoms with E-state index < -0.39 is 0 Å². The van der Waals surface area contributed by atoms with Gasteiger partial charge in [-0.2, -0.15) is 0 Å². The van der Waals surface area contributed by atoms with E-state index in [0.29, 0.717) is 21.1 Å². The van der Waals surface area contributed by atoms with E-state index in [4.69, 9.17) is 27.9 Å². The van der Waals surface area contributed by atoms with Crippen molar-refractivity contribution < 1.29 is 9.13 Å². The van der Waals surface area contributed by atoms with Gasteiger partial charge < -0.3 is 4.74 Å². The molecular formula is C14H10BrCl2FO. The van der Waals surface area contributed by atoms with Gasteiger partial charge in [-0.05, 0) is 23.8 Å². The molecular weight excluding hydrogens is 354 g/mol. The highest BCUT2D eigenvalue weighted by atomic mass is 79.9. The Morgan fingerprint density at radius 2 is 1.95 bits per heavy atom. The topological polar surface area (TPSA) is 9.23 Å². The molecule has 0 fully saturated rings. The summed E-state index contributed by atoms with van der Waals surface area (Å²) in [6.07, 6.45) is 0. The molecule has 0 aliphatic rings. The third-order valence-corrected chi connectivity index (χ3v) is 4.02. The molecule has 0 atom stereocenters. The number of rotatable bonds is 4. The van der Waals surface area contributed by atoms with Crippen LogP contribution in [0.2, 0.25) is 10.0 Å². The van der Waals surface area contributed by atoms with Gasteiger partial charge >= 0.3 is 0 Å². The van der Waals surface area contributed by atoms with Gasteiger partial charge in [-0.15, -0.1) is 0 Å². The average Bonchev–Trinajstić information content (AvgIpc) is 2.40. The van der Waals surface area contributed by atoms with Crippen LogP contribution >= 0.6 is 39.1 Å². The lowest BCUT2D eigenvalue weighted by atomic mass is 10.2. The van der Waals surface area contributed by atoms with Crippen molar-refractivity contribution in [2.24, 2.45) is 0 Å². The molecule has 0 N–H and O–H groups in total. The lowest BCUT2D eigenvalue weighted by Crippen LogP contribution is -1.97. The molecule has 0 saturated heterocycles. The molecule has 5 heteroatoms. The Morgan fingerprint density at radius 1 is 1.16 bits per heavy atom. The van der Waals surface area contributed by atoms with Gasteiger partial charge in [-0.3, -0.25) is 0 Å². The van der Waals surface area contributed by atoms with Gasteiger partial charge in [0.15, 0.2) is 0 Å². The number of alkyl halides is 1. The summed E-state index contributed by atoms with van der Waals surface area (Å²) < 4.78 is 18.9. The number of hydrogen-bond donors (Lipinski definition) is 0. The van der Waals surface area contributed by atoms with Crippen LogP contribution in [-0.2, 0) is 11.9 Å². The monoisotopic (exact) mass is 362 g/mol. The van der Waals surface area contributed by atoms with Crippen LogP contribution in [0.1, 0.15) is 11.1 Å². The van der Waals surface area contributed by atoms with Crippen molar-refractivity contribution in [3.05, 3.63) is 63.4 Å². The van der Waals surface area contributed by atoms with Gasteiger partial charge in [0, 0.05) is 17.0 Å². The summed E-state index contributed by atoms with van der Waals surface area (Å²) in [5.74, 6) is 0.134. The molecule has 2 rings (SSSR count). The summed E-state index contributed by atoms with van der Waals surface area (Å²) in [4.78, 5) is 0. The van der Waals surface area contributed by atoms with Crippen molar-refractivity contribution in [3.63, 3.8) is 0 Å². The van der Waals surface area contributed by atoms with Crippen LogP contribution in [0.3, 0.4) is 0 Å². The minimum Gasteiger partial charge on any atom is -0.489 e. The first-order valence-corrected chi connectivity index (χ1v) is 7.39. The Morgan fingerprint density at radius 3 is 2.68 bits per heavy atom. The molecule has 0 aliphatic carbocycles. The molecule has 100 valence electrons. The third kappa shape index (κ3) is 3.85. The fraction of sp³-hybridized carbons (Fsp3) is 0.143. The van der Waals surface area contributed by atoms with Crippen LogP contribution in [0.4, 0.5) is 4.39 Å². The summed E-state index contributed by atoms with van der Waals surface area (Å²) in [6.45, 7) is 0.241. The molecule has 1 nitrogen and oxygen atoms in total. The van der Waals surface area contributed by atoms with E-state index in [1.165, 1.54) is 12.1 Å². The van der Waals surface area contributed by atoms with Crippen molar-refractivity contribution in [1.82, 2.24) is 0 Å². The van der Waals surface area contributed by atoms with E-state index in [0.717, 1.165) is 11.1 Å². The molecule has 0 heterocycles. The molecule has 0 bridgehead atoms. The maximum atomic E-state index is 13.3. The molecule has 0 amide bonds. The van der Waals surface area contributed by atoms with E-state index in [9.17, 15) is 4.39 Å². The molecule has 0 aromatic heterocycles. The molecule has 0 unspecified atom stereocenters. The second-order valence-electron chi connectivity index (χ2n) is 3.93. The van der Waals surface area contributed by atoms with Gasteiger partial charge in [0.25, 0.3) is 0 Å². The van der Waals surface area contributed by atoms with Gasteiger partial charge in [0.1, 0.15) is 18.2 Å². The van der Waals surface area contributed by atoms with E-state index in [1.807, 2.05) is 6.07 Å². The second kappa shape index (κ2) is 6.60. The quantitative estimate of drug-likeness (QED) is 0.642. The molecule has 19 heavy (non-hydrogen) atoms. The molecule has 0 radical (unpaired) electrons. The fourth-order valence-electron chi connectivity index (χ4n) is 1.60. The maximum Gasteiger partial charge on any atom is 0.127 e. The van der Waals surface area contributed by atoms with Crippen LogP contribution in [-0.4, -0.2) is 0 Å². The molecule has 0 saturated carbocycles. The summed E-state index contributed by atoms with van der Waals surface area (Å²) in [6, 6.07) is 9.88. The highest BCUT2D eigenvalue weighted by molar-refractivity contribution is 9.08. The van der Waals surface area contributed by atoms with Crippen molar-refractivity contribution in [2.45, 2.75) is 11.9 Å². The number of halogens is 4. The first-order chi connectivity index (χ1) is 9.10. The van der Waals surface area contributed by atoms with Crippen molar-refractivity contribution in [2.75, 3.05) is 0 Å². The van der Waals surface area contributed by atoms with Crippen LogP contribution in [0.15, 0.2) is 36.4 Å². The molecule has 0 aliphatic heterocycles. The van der Waals surface area contributed by atoms with Crippen LogP contribution < -0.4 is 4.74 Å². The zero-order valence-corrected chi connectivity index (χ0v) is 12.9. The minimum atomic E-state index is -0.329. The Kier molecular flexibility index (Phi) is 5.08. The van der Waals surface area contributed by atoms with Gasteiger partial charge in [-0.25, -0.2) is 4.39 Å². The Balaban J connectivity index is 2.14.